The molecule has 0 saturated heterocycles. The molecule has 0 spiro atoms. The quantitative estimate of drug-likeness (QED) is 0.864. The number of sulfonamides is 1. The first-order chi connectivity index (χ1) is 8.27. The molecule has 0 unspecified atom stereocenters. The van der Waals surface area contributed by atoms with Crippen LogP contribution in [0.3, 0.4) is 0 Å². The lowest BCUT2D eigenvalue weighted by Gasteiger charge is -2.13. The number of carbonyl (C=O) groups is 1. The minimum absolute atomic E-state index is 0.0570. The van der Waals surface area contributed by atoms with Crippen molar-refractivity contribution in [2.75, 3.05) is 0 Å². The molecule has 0 bridgehead atoms. The Labute approximate surface area is 109 Å². The third-order valence-electron chi connectivity index (χ3n) is 2.19. The van der Waals surface area contributed by atoms with Crippen molar-refractivity contribution in [3.8, 4) is 0 Å². The van der Waals surface area contributed by atoms with E-state index in [1.165, 1.54) is 6.92 Å². The molecule has 1 aromatic carbocycles. The Bertz CT molecular complexity index is 561. The summed E-state index contributed by atoms with van der Waals surface area (Å²) >= 11 is 5.65. The summed E-state index contributed by atoms with van der Waals surface area (Å²) in [5.41, 5.74) is 0. The van der Waals surface area contributed by atoms with Crippen molar-refractivity contribution in [1.29, 1.82) is 0 Å². The van der Waals surface area contributed by atoms with Gasteiger partial charge in [-0.15, -0.1) is 0 Å². The number of carboxylic acid groups (broad SMARTS) is 1. The first-order valence-electron chi connectivity index (χ1n) is 4.98. The van der Waals surface area contributed by atoms with Gasteiger partial charge in [0, 0.05) is 0 Å². The van der Waals surface area contributed by atoms with E-state index in [1.807, 2.05) is 4.72 Å². The summed E-state index contributed by atoms with van der Waals surface area (Å²) in [6.07, 6.45) is 0.0570. The smallest absolute Gasteiger partial charge is 0.321 e. The average molecular weight is 296 g/mol. The largest absolute Gasteiger partial charge is 0.480 e. The summed E-state index contributed by atoms with van der Waals surface area (Å²) in [5, 5.41) is 8.60. The van der Waals surface area contributed by atoms with Crippen molar-refractivity contribution in [2.24, 2.45) is 0 Å². The van der Waals surface area contributed by atoms with Gasteiger partial charge in [-0.3, -0.25) is 4.79 Å². The van der Waals surface area contributed by atoms with Gasteiger partial charge in [0.2, 0.25) is 10.0 Å². The molecule has 100 valence electrons. The van der Waals surface area contributed by atoms with Crippen LogP contribution in [0, 0.1) is 5.82 Å². The van der Waals surface area contributed by atoms with E-state index in [-0.39, 0.29) is 11.4 Å². The number of aliphatic carboxylic acids is 1. The van der Waals surface area contributed by atoms with Gasteiger partial charge in [0.1, 0.15) is 16.8 Å². The molecule has 0 aliphatic carbocycles. The van der Waals surface area contributed by atoms with Crippen LogP contribution < -0.4 is 4.72 Å². The maximum Gasteiger partial charge on any atom is 0.321 e. The molecule has 1 rings (SSSR count). The Morgan fingerprint density at radius 3 is 2.67 bits per heavy atom. The lowest BCUT2D eigenvalue weighted by Crippen LogP contribution is -2.40. The zero-order valence-electron chi connectivity index (χ0n) is 9.35. The number of carboxylic acids is 1. The second-order valence-electron chi connectivity index (χ2n) is 3.50. The van der Waals surface area contributed by atoms with E-state index in [2.05, 4.69) is 0 Å². The number of hydrogen-bond acceptors (Lipinski definition) is 3. The summed E-state index contributed by atoms with van der Waals surface area (Å²) in [6.45, 7) is 1.51. The van der Waals surface area contributed by atoms with Crippen molar-refractivity contribution < 1.29 is 22.7 Å². The van der Waals surface area contributed by atoms with Crippen molar-refractivity contribution in [1.82, 2.24) is 4.72 Å². The highest BCUT2D eigenvalue weighted by Crippen LogP contribution is 2.22. The third kappa shape index (κ3) is 3.41. The molecule has 0 aliphatic rings. The Kier molecular flexibility index (Phi) is 4.66. The van der Waals surface area contributed by atoms with Crippen LogP contribution in [0.4, 0.5) is 4.39 Å². The summed E-state index contributed by atoms with van der Waals surface area (Å²) in [6, 6.07) is 1.55. The highest BCUT2D eigenvalue weighted by Gasteiger charge is 2.25. The van der Waals surface area contributed by atoms with E-state index < -0.39 is 32.7 Å². The molecule has 2 N–H and O–H groups in total. The fourth-order valence-electron chi connectivity index (χ4n) is 1.24. The van der Waals surface area contributed by atoms with Gasteiger partial charge in [-0.2, -0.15) is 4.72 Å². The molecule has 0 heterocycles. The van der Waals surface area contributed by atoms with Crippen LogP contribution in [0.5, 0.6) is 0 Å². The first kappa shape index (κ1) is 14.9. The predicted octanol–water partition coefficient (Wildman–Crippen LogP) is 1.62. The monoisotopic (exact) mass is 295 g/mol. The molecular weight excluding hydrogens is 285 g/mol. The zero-order valence-corrected chi connectivity index (χ0v) is 10.9. The molecule has 0 amide bonds. The number of nitrogens with one attached hydrogen (secondary N) is 1. The lowest BCUT2D eigenvalue weighted by atomic mass is 10.2. The van der Waals surface area contributed by atoms with Crippen molar-refractivity contribution in [2.45, 2.75) is 24.3 Å². The van der Waals surface area contributed by atoms with Crippen molar-refractivity contribution in [3.05, 3.63) is 29.0 Å². The SMILES string of the molecule is CC[C@@H](NS(=O)(=O)c1cc(F)ccc1Cl)C(=O)O. The second-order valence-corrected chi connectivity index (χ2v) is 5.58. The summed E-state index contributed by atoms with van der Waals surface area (Å²) < 4.78 is 38.6. The number of rotatable bonds is 5. The van der Waals surface area contributed by atoms with Gasteiger partial charge < -0.3 is 5.11 Å². The number of halogens is 2. The molecule has 0 aromatic heterocycles. The van der Waals surface area contributed by atoms with Gasteiger partial charge in [-0.05, 0) is 24.6 Å². The summed E-state index contributed by atoms with van der Waals surface area (Å²) in [4.78, 5) is 10.3. The van der Waals surface area contributed by atoms with Crippen LogP contribution in [0.2, 0.25) is 5.02 Å². The van der Waals surface area contributed by atoms with Crippen LogP contribution in [0.25, 0.3) is 0 Å². The molecular formula is C10H11ClFNO4S. The van der Waals surface area contributed by atoms with E-state index in [0.717, 1.165) is 18.2 Å². The normalized spacial score (nSPS) is 13.3. The van der Waals surface area contributed by atoms with E-state index in [1.54, 1.807) is 0 Å². The van der Waals surface area contributed by atoms with E-state index in [4.69, 9.17) is 16.7 Å². The molecule has 0 saturated carbocycles. The van der Waals surface area contributed by atoms with Crippen LogP contribution in [0.15, 0.2) is 23.1 Å². The van der Waals surface area contributed by atoms with Crippen LogP contribution >= 0.6 is 11.6 Å². The fourth-order valence-corrected chi connectivity index (χ4v) is 3.03. The lowest BCUT2D eigenvalue weighted by molar-refractivity contribution is -0.139. The van der Waals surface area contributed by atoms with Gasteiger partial charge in [-0.1, -0.05) is 18.5 Å². The van der Waals surface area contributed by atoms with E-state index in [9.17, 15) is 17.6 Å². The molecule has 5 nitrogen and oxygen atoms in total. The number of hydrogen-bond donors (Lipinski definition) is 2. The van der Waals surface area contributed by atoms with Crippen LogP contribution in [0.1, 0.15) is 13.3 Å². The molecule has 18 heavy (non-hydrogen) atoms. The zero-order chi connectivity index (χ0) is 13.9. The van der Waals surface area contributed by atoms with Crippen molar-refractivity contribution in [3.63, 3.8) is 0 Å². The molecule has 8 heteroatoms. The van der Waals surface area contributed by atoms with E-state index >= 15 is 0 Å². The van der Waals surface area contributed by atoms with Gasteiger partial charge in [-0.25, -0.2) is 12.8 Å². The molecule has 0 fully saturated rings. The summed E-state index contributed by atoms with van der Waals surface area (Å²) in [5.74, 6) is -2.09. The Morgan fingerprint density at radius 2 is 2.17 bits per heavy atom. The van der Waals surface area contributed by atoms with Crippen molar-refractivity contribution >= 4 is 27.6 Å². The maximum atomic E-state index is 13.0. The third-order valence-corrected chi connectivity index (χ3v) is 4.14. The minimum Gasteiger partial charge on any atom is -0.480 e. The topological polar surface area (TPSA) is 83.5 Å². The highest BCUT2D eigenvalue weighted by atomic mass is 35.5. The van der Waals surface area contributed by atoms with Gasteiger partial charge >= 0.3 is 5.97 Å². The number of benzene rings is 1. The minimum atomic E-state index is -4.17. The maximum absolute atomic E-state index is 13.0. The highest BCUT2D eigenvalue weighted by molar-refractivity contribution is 7.89. The molecule has 1 atom stereocenters. The Morgan fingerprint density at radius 1 is 1.56 bits per heavy atom. The van der Waals surface area contributed by atoms with Gasteiger partial charge in [0.25, 0.3) is 0 Å². The predicted molar refractivity (Wildman–Crippen MR) is 63.4 cm³/mol. The van der Waals surface area contributed by atoms with Gasteiger partial charge in [0.05, 0.1) is 5.02 Å². The first-order valence-corrected chi connectivity index (χ1v) is 6.84. The molecule has 0 aliphatic heterocycles. The average Bonchev–Trinajstić information content (AvgIpc) is 2.28. The van der Waals surface area contributed by atoms with Crippen LogP contribution in [-0.4, -0.2) is 25.5 Å². The molecule has 1 aromatic rings. The molecule has 0 radical (unpaired) electrons. The van der Waals surface area contributed by atoms with Gasteiger partial charge in [0.15, 0.2) is 0 Å². The van der Waals surface area contributed by atoms with Crippen LogP contribution in [-0.2, 0) is 14.8 Å². The Hall–Kier alpha value is -1.18. The second kappa shape index (κ2) is 5.64. The fraction of sp³-hybridized carbons (Fsp3) is 0.300. The standard InChI is InChI=1S/C10H11ClFNO4S/c1-2-8(10(14)15)13-18(16,17)9-5-6(12)3-4-7(9)11/h3-5,8,13H,2H2,1H3,(H,14,15)/t8-/m1/s1. The Balaban J connectivity index is 3.14. The van der Waals surface area contributed by atoms with E-state index in [0.29, 0.717) is 0 Å². The summed E-state index contributed by atoms with van der Waals surface area (Å²) in [7, 11) is -4.17.